The second-order valence-electron chi connectivity index (χ2n) is 5.54. The Hall–Kier alpha value is -0.510. The first-order valence-electron chi connectivity index (χ1n) is 7.44. The van der Waals surface area contributed by atoms with Gasteiger partial charge in [-0.3, -0.25) is 11.3 Å². The van der Waals surface area contributed by atoms with Crippen LogP contribution in [0.15, 0.2) is 29.2 Å². The van der Waals surface area contributed by atoms with Crippen LogP contribution < -0.4 is 11.3 Å². The van der Waals surface area contributed by atoms with Gasteiger partial charge in [-0.25, -0.2) is 0 Å². The summed E-state index contributed by atoms with van der Waals surface area (Å²) in [5.41, 5.74) is 4.37. The summed E-state index contributed by atoms with van der Waals surface area (Å²) in [5.74, 6) is 6.71. The van der Waals surface area contributed by atoms with Crippen molar-refractivity contribution in [3.05, 3.63) is 29.8 Å². The Kier molecular flexibility index (Phi) is 6.21. The normalized spacial score (nSPS) is 18.4. The van der Waals surface area contributed by atoms with Crippen molar-refractivity contribution in [3.63, 3.8) is 0 Å². The Morgan fingerprint density at radius 3 is 2.68 bits per heavy atom. The smallest absolute Gasteiger partial charge is 0.0471 e. The molecule has 1 saturated carbocycles. The van der Waals surface area contributed by atoms with Gasteiger partial charge < -0.3 is 0 Å². The van der Waals surface area contributed by atoms with Crippen LogP contribution in [0, 0.1) is 5.92 Å². The summed E-state index contributed by atoms with van der Waals surface area (Å²) in [7, 11) is 0. The Balaban J connectivity index is 1.95. The largest absolute Gasteiger partial charge is 0.271 e. The van der Waals surface area contributed by atoms with Gasteiger partial charge in [-0.2, -0.15) is 0 Å². The van der Waals surface area contributed by atoms with E-state index < -0.39 is 0 Å². The summed E-state index contributed by atoms with van der Waals surface area (Å²) in [6.45, 7) is 0. The van der Waals surface area contributed by atoms with E-state index in [4.69, 9.17) is 5.84 Å². The van der Waals surface area contributed by atoms with E-state index in [-0.39, 0.29) is 0 Å². The quantitative estimate of drug-likeness (QED) is 0.463. The SMILES string of the molecule is CSc1ccccc1C(CCC1CCCCC1)NN. The molecule has 1 fully saturated rings. The molecule has 3 heteroatoms. The van der Waals surface area contributed by atoms with Crippen molar-refractivity contribution in [2.24, 2.45) is 11.8 Å². The van der Waals surface area contributed by atoms with Crippen molar-refractivity contribution < 1.29 is 0 Å². The third-order valence-corrected chi connectivity index (χ3v) is 5.12. The monoisotopic (exact) mass is 278 g/mol. The summed E-state index contributed by atoms with van der Waals surface area (Å²) in [6.07, 6.45) is 11.7. The molecule has 1 aliphatic rings. The summed E-state index contributed by atoms with van der Waals surface area (Å²) >= 11 is 1.81. The molecule has 1 aliphatic carbocycles. The van der Waals surface area contributed by atoms with Crippen molar-refractivity contribution in [3.8, 4) is 0 Å². The highest BCUT2D eigenvalue weighted by molar-refractivity contribution is 7.98. The fraction of sp³-hybridized carbons (Fsp3) is 0.625. The van der Waals surface area contributed by atoms with E-state index in [1.165, 1.54) is 49.0 Å². The van der Waals surface area contributed by atoms with Crippen LogP contribution in [0.1, 0.15) is 56.6 Å². The molecule has 2 nitrogen and oxygen atoms in total. The highest BCUT2D eigenvalue weighted by Crippen LogP contribution is 2.32. The number of nitrogens with one attached hydrogen (secondary N) is 1. The third-order valence-electron chi connectivity index (χ3n) is 4.30. The number of hydrogen-bond donors (Lipinski definition) is 2. The zero-order valence-electron chi connectivity index (χ0n) is 11.9. The molecule has 0 saturated heterocycles. The molecular formula is C16H26N2S. The first-order chi connectivity index (χ1) is 9.35. The van der Waals surface area contributed by atoms with E-state index in [1.54, 1.807) is 11.8 Å². The van der Waals surface area contributed by atoms with Crippen LogP contribution in [0.5, 0.6) is 0 Å². The fourth-order valence-electron chi connectivity index (χ4n) is 3.16. The minimum absolute atomic E-state index is 0.297. The lowest BCUT2D eigenvalue weighted by Gasteiger charge is -2.25. The number of hydrazine groups is 1. The molecule has 0 amide bonds. The van der Waals surface area contributed by atoms with Gasteiger partial charge in [0, 0.05) is 10.9 Å². The summed E-state index contributed by atoms with van der Waals surface area (Å²) in [4.78, 5) is 1.34. The van der Waals surface area contributed by atoms with Crippen LogP contribution in [0.4, 0.5) is 0 Å². The molecule has 1 aromatic rings. The standard InChI is InChI=1S/C16H26N2S/c1-19-16-10-6-5-9-14(16)15(18-17)12-11-13-7-3-2-4-8-13/h5-6,9-10,13,15,18H,2-4,7-8,11-12,17H2,1H3. The summed E-state index contributed by atoms with van der Waals surface area (Å²) in [5, 5.41) is 0. The second-order valence-corrected chi connectivity index (χ2v) is 6.39. The van der Waals surface area contributed by atoms with Crippen LogP contribution in [-0.4, -0.2) is 6.26 Å². The second kappa shape index (κ2) is 7.93. The topological polar surface area (TPSA) is 38.0 Å². The highest BCUT2D eigenvalue weighted by atomic mass is 32.2. The van der Waals surface area contributed by atoms with Gasteiger partial charge in [0.15, 0.2) is 0 Å². The van der Waals surface area contributed by atoms with Crippen LogP contribution >= 0.6 is 11.8 Å². The van der Waals surface area contributed by atoms with E-state index in [0.717, 1.165) is 12.3 Å². The summed E-state index contributed by atoms with van der Waals surface area (Å²) < 4.78 is 0. The molecule has 0 radical (unpaired) electrons. The van der Waals surface area contributed by atoms with Gasteiger partial charge in [-0.15, -0.1) is 11.8 Å². The van der Waals surface area contributed by atoms with E-state index in [1.807, 2.05) is 0 Å². The van der Waals surface area contributed by atoms with Crippen LogP contribution in [0.2, 0.25) is 0 Å². The molecule has 0 spiro atoms. The average molecular weight is 278 g/mol. The lowest BCUT2D eigenvalue weighted by atomic mass is 9.84. The summed E-state index contributed by atoms with van der Waals surface area (Å²) in [6, 6.07) is 8.90. The van der Waals surface area contributed by atoms with E-state index in [2.05, 4.69) is 35.9 Å². The number of rotatable bonds is 6. The van der Waals surface area contributed by atoms with Gasteiger partial charge in [0.2, 0.25) is 0 Å². The molecule has 1 aromatic carbocycles. The van der Waals surface area contributed by atoms with Gasteiger partial charge in [0.25, 0.3) is 0 Å². The Bertz CT molecular complexity index is 375. The van der Waals surface area contributed by atoms with Crippen molar-refractivity contribution in [1.82, 2.24) is 5.43 Å². The number of nitrogens with two attached hydrogens (primary N) is 1. The minimum atomic E-state index is 0.297. The zero-order valence-corrected chi connectivity index (χ0v) is 12.7. The maximum atomic E-state index is 5.78. The van der Waals surface area contributed by atoms with Gasteiger partial charge in [0.1, 0.15) is 0 Å². The Labute approximate surface area is 121 Å². The van der Waals surface area contributed by atoms with E-state index in [0.29, 0.717) is 6.04 Å². The molecular weight excluding hydrogens is 252 g/mol. The highest BCUT2D eigenvalue weighted by Gasteiger charge is 2.18. The molecule has 19 heavy (non-hydrogen) atoms. The Morgan fingerprint density at radius 2 is 2.00 bits per heavy atom. The third kappa shape index (κ3) is 4.23. The molecule has 0 aliphatic heterocycles. The zero-order chi connectivity index (χ0) is 13.5. The van der Waals surface area contributed by atoms with Crippen LogP contribution in [0.3, 0.4) is 0 Å². The fourth-order valence-corrected chi connectivity index (χ4v) is 3.82. The predicted molar refractivity (Wildman–Crippen MR) is 84.1 cm³/mol. The molecule has 1 unspecified atom stereocenters. The molecule has 0 bridgehead atoms. The lowest BCUT2D eigenvalue weighted by Crippen LogP contribution is -2.29. The van der Waals surface area contributed by atoms with Crippen LogP contribution in [-0.2, 0) is 0 Å². The van der Waals surface area contributed by atoms with Gasteiger partial charge in [-0.05, 0) is 36.6 Å². The van der Waals surface area contributed by atoms with Crippen molar-refractivity contribution in [2.45, 2.75) is 55.9 Å². The minimum Gasteiger partial charge on any atom is -0.271 e. The molecule has 0 aromatic heterocycles. The molecule has 2 rings (SSSR count). The van der Waals surface area contributed by atoms with E-state index in [9.17, 15) is 0 Å². The first-order valence-corrected chi connectivity index (χ1v) is 8.66. The van der Waals surface area contributed by atoms with Gasteiger partial charge in [0.05, 0.1) is 0 Å². The molecule has 3 N–H and O–H groups in total. The van der Waals surface area contributed by atoms with Gasteiger partial charge in [-0.1, -0.05) is 50.3 Å². The molecule has 106 valence electrons. The van der Waals surface area contributed by atoms with E-state index >= 15 is 0 Å². The lowest BCUT2D eigenvalue weighted by molar-refractivity contribution is 0.314. The van der Waals surface area contributed by atoms with Gasteiger partial charge >= 0.3 is 0 Å². The number of hydrogen-bond acceptors (Lipinski definition) is 3. The predicted octanol–water partition coefficient (Wildman–Crippen LogP) is 4.27. The van der Waals surface area contributed by atoms with Crippen molar-refractivity contribution >= 4 is 11.8 Å². The maximum absolute atomic E-state index is 5.78. The van der Waals surface area contributed by atoms with Crippen molar-refractivity contribution in [2.75, 3.05) is 6.26 Å². The number of benzene rings is 1. The molecule has 1 atom stereocenters. The Morgan fingerprint density at radius 1 is 1.26 bits per heavy atom. The maximum Gasteiger partial charge on any atom is 0.0471 e. The molecule has 0 heterocycles. The number of thioether (sulfide) groups is 1. The van der Waals surface area contributed by atoms with Crippen LogP contribution in [0.25, 0.3) is 0 Å². The first kappa shape index (κ1) is 14.9. The van der Waals surface area contributed by atoms with Crippen molar-refractivity contribution in [1.29, 1.82) is 0 Å². The average Bonchev–Trinajstić information content (AvgIpc) is 2.49.